The van der Waals surface area contributed by atoms with Crippen molar-refractivity contribution in [3.63, 3.8) is 0 Å². The summed E-state index contributed by atoms with van der Waals surface area (Å²) in [6, 6.07) is 0. The third-order valence-corrected chi connectivity index (χ3v) is 4.48. The molecule has 0 N–H and O–H groups in total. The second-order valence-electron chi connectivity index (χ2n) is 6.12. The molecular weight excluding hydrogens is 216 g/mol. The molecule has 0 aliphatic heterocycles. The van der Waals surface area contributed by atoms with Gasteiger partial charge in [-0.25, -0.2) is 0 Å². The smallest absolute Gasteiger partial charge is 0.0174 e. The maximum absolute atomic E-state index is 4.30. The van der Waals surface area contributed by atoms with Crippen molar-refractivity contribution in [3.8, 4) is 0 Å². The zero-order chi connectivity index (χ0) is 13.4. The third kappa shape index (κ3) is 5.00. The van der Waals surface area contributed by atoms with Crippen LogP contribution in [-0.4, -0.2) is 0 Å². The summed E-state index contributed by atoms with van der Waals surface area (Å²) in [4.78, 5) is 0. The van der Waals surface area contributed by atoms with Gasteiger partial charge in [0, 0.05) is 0 Å². The summed E-state index contributed by atoms with van der Waals surface area (Å²) < 4.78 is 0. The van der Waals surface area contributed by atoms with Crippen LogP contribution in [-0.2, 0) is 0 Å². The van der Waals surface area contributed by atoms with Gasteiger partial charge in [0.1, 0.15) is 0 Å². The van der Waals surface area contributed by atoms with E-state index in [1.54, 1.807) is 0 Å². The van der Waals surface area contributed by atoms with Crippen LogP contribution in [0.15, 0.2) is 24.3 Å². The quantitative estimate of drug-likeness (QED) is 0.332. The van der Waals surface area contributed by atoms with Crippen molar-refractivity contribution in [2.24, 2.45) is 11.8 Å². The van der Waals surface area contributed by atoms with Gasteiger partial charge >= 0.3 is 0 Å². The first-order valence-electron chi connectivity index (χ1n) is 8.03. The Morgan fingerprint density at radius 1 is 1.17 bits per heavy atom. The topological polar surface area (TPSA) is 0 Å². The molecule has 0 aromatic rings. The summed E-state index contributed by atoms with van der Waals surface area (Å²) in [7, 11) is 0. The molecule has 0 heterocycles. The molecule has 0 saturated heterocycles. The Balaban J connectivity index is 2.37. The van der Waals surface area contributed by atoms with E-state index in [9.17, 15) is 0 Å². The van der Waals surface area contributed by atoms with Crippen LogP contribution < -0.4 is 0 Å². The van der Waals surface area contributed by atoms with Crippen LogP contribution in [0.5, 0.6) is 0 Å². The average Bonchev–Trinajstić information content (AvgIpc) is 2.69. The fourth-order valence-electron chi connectivity index (χ4n) is 3.29. The van der Waals surface area contributed by atoms with Crippen LogP contribution in [0, 0.1) is 11.8 Å². The highest BCUT2D eigenvalue weighted by Gasteiger charge is 2.29. The number of hydrogen-bond acceptors (Lipinski definition) is 0. The van der Waals surface area contributed by atoms with E-state index < -0.39 is 0 Å². The van der Waals surface area contributed by atoms with Gasteiger partial charge < -0.3 is 0 Å². The van der Waals surface area contributed by atoms with Gasteiger partial charge in [-0.05, 0) is 50.4 Å². The maximum atomic E-state index is 4.30. The second kappa shape index (κ2) is 8.56. The van der Waals surface area contributed by atoms with Gasteiger partial charge in [0.25, 0.3) is 0 Å². The molecule has 0 aromatic carbocycles. The van der Waals surface area contributed by atoms with E-state index in [2.05, 4.69) is 27.0 Å². The molecule has 2 atom stereocenters. The van der Waals surface area contributed by atoms with E-state index in [-0.39, 0.29) is 0 Å². The van der Waals surface area contributed by atoms with E-state index in [1.807, 2.05) is 0 Å². The number of rotatable bonds is 9. The first-order chi connectivity index (χ1) is 8.69. The lowest BCUT2D eigenvalue weighted by atomic mass is 9.84. The highest BCUT2D eigenvalue weighted by atomic mass is 14.3. The summed E-state index contributed by atoms with van der Waals surface area (Å²) in [5, 5.41) is 0. The van der Waals surface area contributed by atoms with Gasteiger partial charge in [-0.3, -0.25) is 0 Å². The van der Waals surface area contributed by atoms with Crippen LogP contribution in [0.1, 0.15) is 78.1 Å². The Morgan fingerprint density at radius 2 is 1.89 bits per heavy atom. The zero-order valence-corrected chi connectivity index (χ0v) is 12.6. The lowest BCUT2D eigenvalue weighted by molar-refractivity contribution is 0.379. The van der Waals surface area contributed by atoms with Crippen molar-refractivity contribution in [1.29, 1.82) is 0 Å². The van der Waals surface area contributed by atoms with E-state index in [0.717, 1.165) is 11.8 Å². The molecule has 0 bridgehead atoms. The molecule has 18 heavy (non-hydrogen) atoms. The molecular formula is C18H32. The van der Waals surface area contributed by atoms with Crippen LogP contribution in [0.25, 0.3) is 0 Å². The van der Waals surface area contributed by atoms with Crippen molar-refractivity contribution in [2.75, 3.05) is 0 Å². The van der Waals surface area contributed by atoms with E-state index in [0.29, 0.717) is 0 Å². The molecule has 0 spiro atoms. The van der Waals surface area contributed by atoms with Crippen molar-refractivity contribution in [2.45, 2.75) is 78.1 Å². The zero-order valence-electron chi connectivity index (χ0n) is 12.6. The lowest BCUT2D eigenvalue weighted by Gasteiger charge is -2.21. The Labute approximate surface area is 115 Å². The molecule has 0 radical (unpaired) electrons. The third-order valence-electron chi connectivity index (χ3n) is 4.48. The van der Waals surface area contributed by atoms with Crippen LogP contribution in [0.4, 0.5) is 0 Å². The Bertz CT molecular complexity index is 261. The lowest BCUT2D eigenvalue weighted by Crippen LogP contribution is -2.10. The van der Waals surface area contributed by atoms with Crippen molar-refractivity contribution < 1.29 is 0 Å². The minimum absolute atomic E-state index is 0.801. The van der Waals surface area contributed by atoms with E-state index >= 15 is 0 Å². The molecule has 0 heteroatoms. The van der Waals surface area contributed by atoms with Crippen LogP contribution >= 0.6 is 0 Å². The summed E-state index contributed by atoms with van der Waals surface area (Å²) in [6.45, 7) is 13.1. The molecule has 0 aromatic heterocycles. The molecule has 0 nitrogen and oxygen atoms in total. The maximum Gasteiger partial charge on any atom is -0.0174 e. The normalized spacial score (nSPS) is 23.6. The Hall–Kier alpha value is -0.520. The fraction of sp³-hybridized carbons (Fsp3) is 0.778. The van der Waals surface area contributed by atoms with E-state index in [1.165, 1.54) is 75.4 Å². The van der Waals surface area contributed by atoms with Gasteiger partial charge in [0.05, 0.1) is 0 Å². The molecule has 0 amide bonds. The Kier molecular flexibility index (Phi) is 7.39. The predicted octanol–water partition coefficient (Wildman–Crippen LogP) is 6.29. The predicted molar refractivity (Wildman–Crippen MR) is 82.8 cm³/mol. The standard InChI is InChI=1S/C18H32/c1-5-7-9-11-18-16(4)12-13-17(18)14-15(3)10-8-6-2/h17-18H,3-14H2,1-2H3. The average molecular weight is 248 g/mol. The molecule has 1 saturated carbocycles. The largest absolute Gasteiger partial charge is 0.0999 e. The minimum Gasteiger partial charge on any atom is -0.0999 e. The highest BCUT2D eigenvalue weighted by molar-refractivity contribution is 5.11. The van der Waals surface area contributed by atoms with Gasteiger partial charge in [-0.1, -0.05) is 63.8 Å². The first-order valence-corrected chi connectivity index (χ1v) is 8.03. The van der Waals surface area contributed by atoms with Crippen molar-refractivity contribution in [3.05, 3.63) is 24.3 Å². The summed E-state index contributed by atoms with van der Waals surface area (Å²) in [5.74, 6) is 1.66. The van der Waals surface area contributed by atoms with Gasteiger partial charge in [0.2, 0.25) is 0 Å². The fourth-order valence-corrected chi connectivity index (χ4v) is 3.29. The molecule has 104 valence electrons. The van der Waals surface area contributed by atoms with Crippen LogP contribution in [0.3, 0.4) is 0 Å². The van der Waals surface area contributed by atoms with Crippen molar-refractivity contribution in [1.82, 2.24) is 0 Å². The summed E-state index contributed by atoms with van der Waals surface area (Å²) >= 11 is 0. The molecule has 1 fully saturated rings. The molecule has 1 rings (SSSR count). The van der Waals surface area contributed by atoms with Gasteiger partial charge in [-0.2, -0.15) is 0 Å². The van der Waals surface area contributed by atoms with Gasteiger partial charge in [-0.15, -0.1) is 0 Å². The van der Waals surface area contributed by atoms with Crippen molar-refractivity contribution >= 4 is 0 Å². The molecule has 2 unspecified atom stereocenters. The monoisotopic (exact) mass is 248 g/mol. The minimum atomic E-state index is 0.801. The summed E-state index contributed by atoms with van der Waals surface area (Å²) in [6.07, 6.45) is 13.2. The van der Waals surface area contributed by atoms with Crippen LogP contribution in [0.2, 0.25) is 0 Å². The SMILES string of the molecule is C=C(CCCC)CC1CCC(=C)C1CCCCC. The first kappa shape index (κ1) is 15.5. The molecule has 1 aliphatic rings. The van der Waals surface area contributed by atoms with Gasteiger partial charge in [0.15, 0.2) is 0 Å². The highest BCUT2D eigenvalue weighted by Crippen LogP contribution is 2.42. The number of allylic oxidation sites excluding steroid dienone is 2. The second-order valence-corrected chi connectivity index (χ2v) is 6.12. The summed E-state index contributed by atoms with van der Waals surface area (Å²) in [5.41, 5.74) is 3.01. The number of hydrogen-bond donors (Lipinski definition) is 0. The number of unbranched alkanes of at least 4 members (excludes halogenated alkanes) is 3. The Morgan fingerprint density at radius 3 is 2.56 bits per heavy atom. The van der Waals surface area contributed by atoms with E-state index in [4.69, 9.17) is 0 Å². The molecule has 1 aliphatic carbocycles.